The highest BCUT2D eigenvalue weighted by molar-refractivity contribution is 5.85. The van der Waals surface area contributed by atoms with Crippen molar-refractivity contribution in [2.45, 2.75) is 19.0 Å². The second kappa shape index (κ2) is 7.75. The summed E-state index contributed by atoms with van der Waals surface area (Å²) in [5.74, 6) is 0.747. The minimum absolute atomic E-state index is 0. The molecule has 0 aliphatic carbocycles. The Morgan fingerprint density at radius 1 is 1.33 bits per heavy atom. The standard InChI is InChI=1S/C14H18F3NO2.ClH/c15-14(16,17)10-18-6-2-3-11(8-18)9-20-13-5-1-4-12(19)7-13;/h1,4-5,7,11,19H,2-3,6,8-10H2;1H/t11-;/m1./s1. The average molecular weight is 326 g/mol. The lowest BCUT2D eigenvalue weighted by atomic mass is 9.99. The van der Waals surface area contributed by atoms with Crippen LogP contribution in [-0.4, -0.2) is 42.4 Å². The number of likely N-dealkylation sites (tertiary alicyclic amines) is 1. The van der Waals surface area contributed by atoms with Gasteiger partial charge in [0.05, 0.1) is 13.2 Å². The number of rotatable bonds is 4. The van der Waals surface area contributed by atoms with E-state index in [0.717, 1.165) is 12.8 Å². The molecule has 0 unspecified atom stereocenters. The molecule has 3 nitrogen and oxygen atoms in total. The fourth-order valence-corrected chi connectivity index (χ4v) is 2.47. The van der Waals surface area contributed by atoms with Gasteiger partial charge in [0.2, 0.25) is 0 Å². The summed E-state index contributed by atoms with van der Waals surface area (Å²) in [6.07, 6.45) is -2.52. The number of alkyl halides is 3. The van der Waals surface area contributed by atoms with Crippen LogP contribution in [0.15, 0.2) is 24.3 Å². The van der Waals surface area contributed by atoms with Gasteiger partial charge in [-0.1, -0.05) is 6.07 Å². The number of phenols is 1. The van der Waals surface area contributed by atoms with E-state index >= 15 is 0 Å². The van der Waals surface area contributed by atoms with E-state index in [4.69, 9.17) is 4.74 Å². The Hall–Kier alpha value is -1.14. The Balaban J connectivity index is 0.00000220. The highest BCUT2D eigenvalue weighted by Crippen LogP contribution is 2.24. The van der Waals surface area contributed by atoms with Gasteiger partial charge in [-0.3, -0.25) is 4.90 Å². The van der Waals surface area contributed by atoms with Crippen molar-refractivity contribution < 1.29 is 23.0 Å². The van der Waals surface area contributed by atoms with Crippen molar-refractivity contribution in [2.75, 3.05) is 26.2 Å². The molecular formula is C14H19ClF3NO2. The number of aromatic hydroxyl groups is 1. The first kappa shape index (κ1) is 17.9. The van der Waals surface area contributed by atoms with Crippen LogP contribution in [0.3, 0.4) is 0 Å². The molecule has 120 valence electrons. The third-order valence-electron chi connectivity index (χ3n) is 3.31. The number of hydrogen-bond acceptors (Lipinski definition) is 3. The molecule has 1 atom stereocenters. The van der Waals surface area contributed by atoms with Crippen LogP contribution in [0.5, 0.6) is 11.5 Å². The molecule has 0 bridgehead atoms. The van der Waals surface area contributed by atoms with E-state index in [-0.39, 0.29) is 24.1 Å². The molecule has 1 aromatic carbocycles. The topological polar surface area (TPSA) is 32.7 Å². The fourth-order valence-electron chi connectivity index (χ4n) is 2.47. The summed E-state index contributed by atoms with van der Waals surface area (Å²) in [5, 5.41) is 9.31. The Morgan fingerprint density at radius 3 is 2.76 bits per heavy atom. The van der Waals surface area contributed by atoms with Crippen LogP contribution in [0.25, 0.3) is 0 Å². The molecule has 1 aliphatic heterocycles. The van der Waals surface area contributed by atoms with Gasteiger partial charge in [-0.15, -0.1) is 12.4 Å². The first-order valence-electron chi connectivity index (χ1n) is 6.63. The maximum Gasteiger partial charge on any atom is 0.401 e. The summed E-state index contributed by atoms with van der Waals surface area (Å²) < 4.78 is 42.6. The zero-order valence-electron chi connectivity index (χ0n) is 11.5. The second-order valence-corrected chi connectivity index (χ2v) is 5.17. The Labute approximate surface area is 128 Å². The van der Waals surface area contributed by atoms with Crippen LogP contribution in [0, 0.1) is 5.92 Å². The van der Waals surface area contributed by atoms with Crippen molar-refractivity contribution in [3.05, 3.63) is 24.3 Å². The van der Waals surface area contributed by atoms with Gasteiger partial charge in [0, 0.05) is 18.5 Å². The number of nitrogens with zero attached hydrogens (tertiary/aromatic N) is 1. The number of benzene rings is 1. The van der Waals surface area contributed by atoms with E-state index in [1.54, 1.807) is 18.2 Å². The van der Waals surface area contributed by atoms with E-state index in [1.807, 2.05) is 0 Å². The van der Waals surface area contributed by atoms with Gasteiger partial charge in [0.15, 0.2) is 0 Å². The van der Waals surface area contributed by atoms with Gasteiger partial charge >= 0.3 is 6.18 Å². The average Bonchev–Trinajstić information content (AvgIpc) is 2.35. The van der Waals surface area contributed by atoms with Crippen molar-refractivity contribution in [3.63, 3.8) is 0 Å². The number of piperidine rings is 1. The van der Waals surface area contributed by atoms with Gasteiger partial charge in [0.25, 0.3) is 0 Å². The van der Waals surface area contributed by atoms with Gasteiger partial charge in [-0.2, -0.15) is 13.2 Å². The molecule has 1 aromatic rings. The van der Waals surface area contributed by atoms with Crippen LogP contribution < -0.4 is 4.74 Å². The summed E-state index contributed by atoms with van der Waals surface area (Å²) in [5.41, 5.74) is 0. The maximum atomic E-state index is 12.4. The van der Waals surface area contributed by atoms with E-state index in [9.17, 15) is 18.3 Å². The minimum Gasteiger partial charge on any atom is -0.508 e. The lowest BCUT2D eigenvalue weighted by molar-refractivity contribution is -0.149. The lowest BCUT2D eigenvalue weighted by Gasteiger charge is -2.32. The van der Waals surface area contributed by atoms with Crippen molar-refractivity contribution in [1.29, 1.82) is 0 Å². The first-order chi connectivity index (χ1) is 9.42. The predicted octanol–water partition coefficient (Wildman–Crippen LogP) is 3.47. The molecule has 1 aliphatic rings. The van der Waals surface area contributed by atoms with Crippen LogP contribution in [-0.2, 0) is 0 Å². The van der Waals surface area contributed by atoms with Crippen LogP contribution in [0.4, 0.5) is 13.2 Å². The first-order valence-corrected chi connectivity index (χ1v) is 6.63. The largest absolute Gasteiger partial charge is 0.508 e. The normalized spacial score (nSPS) is 19.9. The second-order valence-electron chi connectivity index (χ2n) is 5.17. The Bertz CT molecular complexity index is 442. The van der Waals surface area contributed by atoms with E-state index in [1.165, 1.54) is 11.0 Å². The number of hydrogen-bond donors (Lipinski definition) is 1. The highest BCUT2D eigenvalue weighted by atomic mass is 35.5. The Morgan fingerprint density at radius 2 is 2.10 bits per heavy atom. The molecule has 7 heteroatoms. The molecule has 0 aromatic heterocycles. The maximum absolute atomic E-state index is 12.4. The van der Waals surface area contributed by atoms with Crippen molar-refractivity contribution in [1.82, 2.24) is 4.90 Å². The molecule has 0 spiro atoms. The molecular weight excluding hydrogens is 307 g/mol. The van der Waals surface area contributed by atoms with E-state index in [2.05, 4.69) is 0 Å². The molecule has 1 heterocycles. The van der Waals surface area contributed by atoms with Crippen molar-refractivity contribution in [3.8, 4) is 11.5 Å². The zero-order valence-corrected chi connectivity index (χ0v) is 12.3. The van der Waals surface area contributed by atoms with Crippen LogP contribution >= 0.6 is 12.4 Å². The monoisotopic (exact) mass is 325 g/mol. The summed E-state index contributed by atoms with van der Waals surface area (Å²) in [6.45, 7) is 0.411. The van der Waals surface area contributed by atoms with Gasteiger partial charge in [-0.05, 0) is 31.5 Å². The van der Waals surface area contributed by atoms with E-state index < -0.39 is 12.7 Å². The molecule has 0 radical (unpaired) electrons. The number of ether oxygens (including phenoxy) is 1. The van der Waals surface area contributed by atoms with Crippen LogP contribution in [0.2, 0.25) is 0 Å². The van der Waals surface area contributed by atoms with Gasteiger partial charge < -0.3 is 9.84 Å². The number of halogens is 4. The smallest absolute Gasteiger partial charge is 0.401 e. The molecule has 0 amide bonds. The molecule has 0 saturated carbocycles. The Kier molecular flexibility index (Phi) is 6.61. The summed E-state index contributed by atoms with van der Waals surface area (Å²) >= 11 is 0. The fraction of sp³-hybridized carbons (Fsp3) is 0.571. The third kappa shape index (κ3) is 6.44. The molecule has 1 N–H and O–H groups in total. The highest BCUT2D eigenvalue weighted by Gasteiger charge is 2.33. The SMILES string of the molecule is Cl.Oc1cccc(OC[C@@H]2CCCN(CC(F)(F)F)C2)c1. The molecule has 1 saturated heterocycles. The quantitative estimate of drug-likeness (QED) is 0.920. The molecule has 1 fully saturated rings. The van der Waals surface area contributed by atoms with Crippen LogP contribution in [0.1, 0.15) is 12.8 Å². The molecule has 21 heavy (non-hydrogen) atoms. The lowest BCUT2D eigenvalue weighted by Crippen LogP contribution is -2.42. The zero-order chi connectivity index (χ0) is 14.6. The summed E-state index contributed by atoms with van der Waals surface area (Å²) in [6, 6.07) is 6.42. The predicted molar refractivity (Wildman–Crippen MR) is 76.1 cm³/mol. The summed E-state index contributed by atoms with van der Waals surface area (Å²) in [4.78, 5) is 1.43. The number of phenolic OH excluding ortho intramolecular Hbond substituents is 1. The van der Waals surface area contributed by atoms with Gasteiger partial charge in [-0.25, -0.2) is 0 Å². The van der Waals surface area contributed by atoms with Crippen molar-refractivity contribution >= 4 is 12.4 Å². The minimum atomic E-state index is -4.14. The third-order valence-corrected chi connectivity index (χ3v) is 3.31. The van der Waals surface area contributed by atoms with E-state index in [0.29, 0.717) is 25.4 Å². The molecule has 2 rings (SSSR count). The van der Waals surface area contributed by atoms with Gasteiger partial charge in [0.1, 0.15) is 11.5 Å². The summed E-state index contributed by atoms with van der Waals surface area (Å²) in [7, 11) is 0. The van der Waals surface area contributed by atoms with Crippen molar-refractivity contribution in [2.24, 2.45) is 5.92 Å².